The molecule has 1 aromatic rings. The Morgan fingerprint density at radius 3 is 2.80 bits per heavy atom. The average Bonchev–Trinajstić information content (AvgIpc) is 2.47. The highest BCUT2D eigenvalue weighted by atomic mass is 32.2. The van der Waals surface area contributed by atoms with Crippen molar-refractivity contribution in [1.29, 1.82) is 0 Å². The van der Waals surface area contributed by atoms with Gasteiger partial charge >= 0.3 is 0 Å². The Bertz CT molecular complexity index is 590. The van der Waals surface area contributed by atoms with Crippen molar-refractivity contribution < 1.29 is 13.2 Å². The van der Waals surface area contributed by atoms with Crippen molar-refractivity contribution in [3.05, 3.63) is 24.3 Å². The quantitative estimate of drug-likeness (QED) is 0.776. The Balaban J connectivity index is 1.84. The first-order valence-electron chi connectivity index (χ1n) is 6.75. The van der Waals surface area contributed by atoms with Crippen LogP contribution in [-0.2, 0) is 14.8 Å². The predicted molar refractivity (Wildman–Crippen MR) is 75.8 cm³/mol. The molecule has 2 aliphatic rings. The zero-order valence-corrected chi connectivity index (χ0v) is 12.1. The first-order valence-corrected chi connectivity index (χ1v) is 8.19. The van der Waals surface area contributed by atoms with Crippen molar-refractivity contribution in [2.24, 2.45) is 0 Å². The molecule has 2 saturated heterocycles. The molecule has 20 heavy (non-hydrogen) atoms. The van der Waals surface area contributed by atoms with Gasteiger partial charge in [-0.2, -0.15) is 4.31 Å². The second-order valence-electron chi connectivity index (χ2n) is 5.17. The fourth-order valence-corrected chi connectivity index (χ4v) is 4.38. The maximum Gasteiger partial charge on any atom is 0.245 e. The molecule has 2 heterocycles. The number of rotatable bonds is 2. The number of hydrogen-bond donors (Lipinski definition) is 1. The lowest BCUT2D eigenvalue weighted by atomic mass is 10.2. The second-order valence-corrected chi connectivity index (χ2v) is 7.07. The topological polar surface area (TPSA) is 75.9 Å². The van der Waals surface area contributed by atoms with E-state index in [0.29, 0.717) is 25.4 Å². The summed E-state index contributed by atoms with van der Waals surface area (Å²) in [5, 5.41) is 0. The van der Waals surface area contributed by atoms with Crippen LogP contribution in [0, 0.1) is 0 Å². The summed E-state index contributed by atoms with van der Waals surface area (Å²) in [7, 11) is -3.52. The highest BCUT2D eigenvalue weighted by Crippen LogP contribution is 2.25. The van der Waals surface area contributed by atoms with E-state index in [4.69, 9.17) is 10.5 Å². The van der Waals surface area contributed by atoms with Crippen LogP contribution >= 0.6 is 0 Å². The van der Waals surface area contributed by atoms with Crippen molar-refractivity contribution in [2.45, 2.75) is 10.9 Å². The van der Waals surface area contributed by atoms with Crippen LogP contribution in [0.15, 0.2) is 29.2 Å². The van der Waals surface area contributed by atoms with Gasteiger partial charge in [-0.3, -0.25) is 4.90 Å². The molecule has 110 valence electrons. The van der Waals surface area contributed by atoms with Gasteiger partial charge in [-0.25, -0.2) is 8.42 Å². The molecule has 0 saturated carbocycles. The number of ether oxygens (including phenoxy) is 1. The van der Waals surface area contributed by atoms with E-state index >= 15 is 0 Å². The maximum absolute atomic E-state index is 12.7. The van der Waals surface area contributed by atoms with Gasteiger partial charge in [0.1, 0.15) is 4.90 Å². The van der Waals surface area contributed by atoms with Crippen molar-refractivity contribution in [3.63, 3.8) is 0 Å². The molecule has 0 spiro atoms. The Morgan fingerprint density at radius 1 is 1.20 bits per heavy atom. The number of nitrogen functional groups attached to an aromatic ring is 1. The monoisotopic (exact) mass is 297 g/mol. The van der Waals surface area contributed by atoms with E-state index in [2.05, 4.69) is 4.90 Å². The lowest BCUT2D eigenvalue weighted by Gasteiger charge is -2.43. The molecule has 0 aliphatic carbocycles. The van der Waals surface area contributed by atoms with Crippen molar-refractivity contribution in [1.82, 2.24) is 9.21 Å². The van der Waals surface area contributed by atoms with Gasteiger partial charge in [-0.1, -0.05) is 12.1 Å². The number of nitrogens with zero attached hydrogens (tertiary/aromatic N) is 2. The van der Waals surface area contributed by atoms with E-state index in [1.54, 1.807) is 24.3 Å². The van der Waals surface area contributed by atoms with E-state index in [9.17, 15) is 8.42 Å². The van der Waals surface area contributed by atoms with Gasteiger partial charge in [-0.05, 0) is 12.1 Å². The van der Waals surface area contributed by atoms with Gasteiger partial charge in [0.15, 0.2) is 0 Å². The Kier molecular flexibility index (Phi) is 3.68. The molecule has 0 radical (unpaired) electrons. The first-order chi connectivity index (χ1) is 9.59. The third-order valence-corrected chi connectivity index (χ3v) is 5.88. The summed E-state index contributed by atoms with van der Waals surface area (Å²) >= 11 is 0. The smallest absolute Gasteiger partial charge is 0.245 e. The number of sulfonamides is 1. The van der Waals surface area contributed by atoms with Gasteiger partial charge in [0.05, 0.1) is 18.9 Å². The SMILES string of the molecule is Nc1ccccc1S(=O)(=O)N1CCN2CCOCC2C1. The molecular formula is C13H19N3O3S. The number of para-hydroxylation sites is 1. The molecule has 0 amide bonds. The third kappa shape index (κ3) is 2.42. The van der Waals surface area contributed by atoms with Gasteiger partial charge in [-0.15, -0.1) is 0 Å². The molecule has 1 aromatic carbocycles. The van der Waals surface area contributed by atoms with Crippen molar-refractivity contribution >= 4 is 15.7 Å². The number of hydrogen-bond acceptors (Lipinski definition) is 5. The summed E-state index contributed by atoms with van der Waals surface area (Å²) in [6.45, 7) is 3.93. The van der Waals surface area contributed by atoms with Crippen molar-refractivity contribution in [2.75, 3.05) is 45.1 Å². The van der Waals surface area contributed by atoms with Crippen LogP contribution in [0.5, 0.6) is 0 Å². The van der Waals surface area contributed by atoms with Crippen LogP contribution in [0.1, 0.15) is 0 Å². The minimum Gasteiger partial charge on any atom is -0.398 e. The van der Waals surface area contributed by atoms with E-state index in [1.807, 2.05) is 0 Å². The van der Waals surface area contributed by atoms with Gasteiger partial charge < -0.3 is 10.5 Å². The number of morpholine rings is 1. The summed E-state index contributed by atoms with van der Waals surface area (Å²) in [6.07, 6.45) is 0. The highest BCUT2D eigenvalue weighted by molar-refractivity contribution is 7.89. The number of anilines is 1. The number of piperazine rings is 1. The fourth-order valence-electron chi connectivity index (χ4n) is 2.79. The molecule has 7 heteroatoms. The summed E-state index contributed by atoms with van der Waals surface area (Å²) in [5.74, 6) is 0. The van der Waals surface area contributed by atoms with Gasteiger partial charge in [0, 0.05) is 32.2 Å². The molecule has 2 aliphatic heterocycles. The zero-order chi connectivity index (χ0) is 14.2. The minimum atomic E-state index is -3.52. The molecule has 2 N–H and O–H groups in total. The first kappa shape index (κ1) is 13.8. The zero-order valence-electron chi connectivity index (χ0n) is 11.2. The lowest BCUT2D eigenvalue weighted by Crippen LogP contribution is -2.59. The predicted octanol–water partition coefficient (Wildman–Crippen LogP) is -0.0261. The molecule has 2 fully saturated rings. The van der Waals surface area contributed by atoms with Crippen LogP contribution in [0.2, 0.25) is 0 Å². The maximum atomic E-state index is 12.7. The van der Waals surface area contributed by atoms with Crippen LogP contribution in [0.4, 0.5) is 5.69 Å². The van der Waals surface area contributed by atoms with E-state index in [1.165, 1.54) is 4.31 Å². The summed E-state index contributed by atoms with van der Waals surface area (Å²) in [5.41, 5.74) is 6.10. The second kappa shape index (κ2) is 5.33. The number of fused-ring (bicyclic) bond motifs is 1. The van der Waals surface area contributed by atoms with Gasteiger partial charge in [0.25, 0.3) is 0 Å². The Morgan fingerprint density at radius 2 is 2.00 bits per heavy atom. The fraction of sp³-hybridized carbons (Fsp3) is 0.538. The van der Waals surface area contributed by atoms with Gasteiger partial charge in [0.2, 0.25) is 10.0 Å². The summed E-state index contributed by atoms with van der Waals surface area (Å²) < 4.78 is 32.3. The lowest BCUT2D eigenvalue weighted by molar-refractivity contribution is -0.0304. The summed E-state index contributed by atoms with van der Waals surface area (Å²) in [4.78, 5) is 2.49. The molecule has 0 aromatic heterocycles. The van der Waals surface area contributed by atoms with Crippen molar-refractivity contribution in [3.8, 4) is 0 Å². The van der Waals surface area contributed by atoms with E-state index in [0.717, 1.165) is 19.7 Å². The van der Waals surface area contributed by atoms with E-state index in [-0.39, 0.29) is 10.9 Å². The Labute approximate surface area is 119 Å². The van der Waals surface area contributed by atoms with Crippen LogP contribution in [0.25, 0.3) is 0 Å². The normalized spacial score (nSPS) is 25.3. The molecular weight excluding hydrogens is 278 g/mol. The molecule has 6 nitrogen and oxygen atoms in total. The molecule has 1 atom stereocenters. The van der Waals surface area contributed by atoms with Crippen LogP contribution in [0.3, 0.4) is 0 Å². The van der Waals surface area contributed by atoms with Crippen LogP contribution < -0.4 is 5.73 Å². The average molecular weight is 297 g/mol. The highest BCUT2D eigenvalue weighted by Gasteiger charge is 2.36. The standard InChI is InChI=1S/C13H19N3O3S/c14-12-3-1-2-4-13(12)20(17,18)16-6-5-15-7-8-19-10-11(15)9-16/h1-4,11H,5-10,14H2. The Hall–Kier alpha value is -1.15. The summed E-state index contributed by atoms with van der Waals surface area (Å²) in [6, 6.07) is 6.77. The van der Waals surface area contributed by atoms with Crippen LogP contribution in [-0.4, -0.2) is 63.1 Å². The minimum absolute atomic E-state index is 0.150. The molecule has 3 rings (SSSR count). The number of benzene rings is 1. The largest absolute Gasteiger partial charge is 0.398 e. The number of nitrogens with two attached hydrogens (primary N) is 1. The molecule has 0 bridgehead atoms. The molecule has 1 unspecified atom stereocenters. The third-order valence-electron chi connectivity index (χ3n) is 3.94. The van der Waals surface area contributed by atoms with E-state index < -0.39 is 10.0 Å².